The van der Waals surface area contributed by atoms with Gasteiger partial charge in [0.1, 0.15) is 25.6 Å². The lowest BCUT2D eigenvalue weighted by atomic mass is 9.79. The molecule has 107 heavy (non-hydrogen) atoms. The van der Waals surface area contributed by atoms with Crippen molar-refractivity contribution in [1.29, 1.82) is 0 Å². The molecule has 3 aliphatic heterocycles. The normalized spacial score (nSPS) is 24.4. The van der Waals surface area contributed by atoms with Gasteiger partial charge in [-0.25, -0.2) is 13.2 Å². The van der Waals surface area contributed by atoms with Crippen LogP contribution in [-0.4, -0.2) is 211 Å². The summed E-state index contributed by atoms with van der Waals surface area (Å²) in [5, 5.41) is 16.1. The number of carbonyl (C=O) groups excluding carboxylic acids is 12. The van der Waals surface area contributed by atoms with Gasteiger partial charge in [-0.15, -0.1) is 0 Å². The molecule has 0 saturated carbocycles. The van der Waals surface area contributed by atoms with Crippen molar-refractivity contribution in [2.75, 3.05) is 85.5 Å². The Hall–Kier alpha value is -7.37. The van der Waals surface area contributed by atoms with Gasteiger partial charge in [-0.2, -0.15) is 8.78 Å². The monoisotopic (exact) mass is 1530 g/mol. The van der Waals surface area contributed by atoms with Crippen LogP contribution in [0.4, 0.5) is 22.0 Å². The molecule has 4 rings (SSSR count). The van der Waals surface area contributed by atoms with Gasteiger partial charge in [0.15, 0.2) is 24.7 Å². The van der Waals surface area contributed by atoms with E-state index in [1.54, 1.807) is 0 Å². The topological polar surface area (TPSA) is 373 Å². The van der Waals surface area contributed by atoms with Crippen molar-refractivity contribution in [3.05, 3.63) is 29.1 Å². The van der Waals surface area contributed by atoms with Crippen LogP contribution >= 0.6 is 0 Å². The van der Waals surface area contributed by atoms with Gasteiger partial charge in [0.25, 0.3) is 0 Å². The van der Waals surface area contributed by atoms with Crippen molar-refractivity contribution in [1.82, 2.24) is 36.8 Å². The maximum absolute atomic E-state index is 14.5. The second kappa shape index (κ2) is 47.5. The highest BCUT2D eigenvalue weighted by Crippen LogP contribution is 2.38. The first-order valence-corrected chi connectivity index (χ1v) is 36.9. The number of amides is 6. The largest absolute Gasteiger partial charge is 0.463 e. The summed E-state index contributed by atoms with van der Waals surface area (Å²) < 4.78 is 126. The number of nitrogens with zero attached hydrogens (tertiary/aromatic N) is 1. The highest BCUT2D eigenvalue weighted by Gasteiger charge is 2.45. The fourth-order valence-electron chi connectivity index (χ4n) is 12.5. The zero-order chi connectivity index (χ0) is 79.6. The highest BCUT2D eigenvalue weighted by molar-refractivity contribution is 5.92. The molecule has 34 heteroatoms. The van der Waals surface area contributed by atoms with Crippen molar-refractivity contribution in [3.63, 3.8) is 0 Å². The number of esters is 4. The quantitative estimate of drug-likeness (QED) is 0.00873. The van der Waals surface area contributed by atoms with Crippen LogP contribution in [0.3, 0.4) is 0 Å². The van der Waals surface area contributed by atoms with Gasteiger partial charge in [0, 0.05) is 124 Å². The molecule has 16 atom stereocenters. The maximum Gasteiger partial charge on any atom is 0.311 e. The maximum atomic E-state index is 14.5. The fraction of sp³-hybridized carbons (Fsp3) is 0.753. The van der Waals surface area contributed by atoms with Crippen molar-refractivity contribution in [3.8, 4) is 5.75 Å². The first-order chi connectivity index (χ1) is 50.6. The SMILES string of the molecule is CC(=O)NC1[C@H](OCCCCNC(=O)CNC(=O)CN(CC(=O)CCC(=O)NCCCCO[C@@H]2OC(COC(C)=O)[C@H](C)[C@H](C)C2C)C(CCNC(=O)CCCC(=O)Oc2c(F)c(F)c(F)c(F)c2F)C(=O)CCC(=O)NCCCCO[C@@H]2OC(COC(C)=O)[C@H](C)[C@H](C)C2C)OC(COC(C)=O)[C@H](C)[C@@H]1C. The van der Waals surface area contributed by atoms with Crippen LogP contribution in [0.2, 0.25) is 0 Å². The van der Waals surface area contributed by atoms with Gasteiger partial charge in [0.05, 0.1) is 50.0 Å². The Morgan fingerprint density at radius 3 is 1.29 bits per heavy atom. The molecule has 0 spiro atoms. The highest BCUT2D eigenvalue weighted by atomic mass is 19.2. The lowest BCUT2D eigenvalue weighted by Crippen LogP contribution is -2.58. The summed E-state index contributed by atoms with van der Waals surface area (Å²) in [6.45, 7) is 20.5. The summed E-state index contributed by atoms with van der Waals surface area (Å²) in [6.07, 6.45) is -3.86. The number of ketones is 2. The number of hydrogen-bond donors (Lipinski definition) is 6. The molecule has 0 radical (unpaired) electrons. The smallest absolute Gasteiger partial charge is 0.311 e. The van der Waals surface area contributed by atoms with E-state index in [4.69, 9.17) is 42.6 Å². The Labute approximate surface area is 622 Å². The van der Waals surface area contributed by atoms with E-state index in [9.17, 15) is 79.5 Å². The molecule has 3 fully saturated rings. The van der Waals surface area contributed by atoms with E-state index in [-0.39, 0.29) is 157 Å². The minimum atomic E-state index is -2.47. The van der Waals surface area contributed by atoms with Gasteiger partial charge in [-0.3, -0.25) is 62.4 Å². The van der Waals surface area contributed by atoms with Crippen molar-refractivity contribution in [2.24, 2.45) is 47.3 Å². The molecule has 6 amide bonds. The molecule has 7 unspecified atom stereocenters. The van der Waals surface area contributed by atoms with Crippen LogP contribution in [-0.2, 0) is 100 Å². The van der Waals surface area contributed by atoms with E-state index < -0.39 is 176 Å². The second-order valence-corrected chi connectivity index (χ2v) is 28.0. The Morgan fingerprint density at radius 2 is 0.822 bits per heavy atom. The van der Waals surface area contributed by atoms with E-state index in [1.165, 1.54) is 32.6 Å². The minimum absolute atomic E-state index is 0.0151. The number of rotatable bonds is 47. The van der Waals surface area contributed by atoms with Crippen LogP contribution in [0.5, 0.6) is 5.75 Å². The van der Waals surface area contributed by atoms with Gasteiger partial charge in [0.2, 0.25) is 70.3 Å². The Morgan fingerprint density at radius 1 is 0.411 bits per heavy atom. The first kappa shape index (κ1) is 92.0. The molecule has 3 saturated heterocycles. The van der Waals surface area contributed by atoms with Gasteiger partial charge in [-0.05, 0) is 86.9 Å². The molecule has 1 aromatic carbocycles. The molecule has 1 aromatic rings. The third kappa shape index (κ3) is 32.0. The molecule has 6 N–H and O–H groups in total. The fourth-order valence-corrected chi connectivity index (χ4v) is 12.5. The van der Waals surface area contributed by atoms with Crippen LogP contribution in [0.25, 0.3) is 0 Å². The lowest BCUT2D eigenvalue weighted by molar-refractivity contribution is -0.255. The van der Waals surface area contributed by atoms with E-state index in [0.29, 0.717) is 45.1 Å². The van der Waals surface area contributed by atoms with Crippen LogP contribution in [0, 0.1) is 76.4 Å². The van der Waals surface area contributed by atoms with Gasteiger partial charge >= 0.3 is 23.9 Å². The molecular formula is C73H112F5N7O22. The molecular weight excluding hydrogens is 1420 g/mol. The Kier molecular flexibility index (Phi) is 40.9. The molecule has 0 bridgehead atoms. The van der Waals surface area contributed by atoms with Crippen molar-refractivity contribution >= 4 is 70.9 Å². The molecule has 29 nitrogen and oxygen atoms in total. The Balaban J connectivity index is 1.44. The average Bonchev–Trinajstić information content (AvgIpc) is 0.816. The summed E-state index contributed by atoms with van der Waals surface area (Å²) in [5.74, 6) is -21.0. The standard InChI is InChI=1S/C73H112F5N7O22/c1-40-42(3)55(37-101-49(10)87)104-71(46(40)7)98-31-16-13-27-79-59(93)24-22-52(90)35-85(36-62(96)83-34-61(95)81-29-15-18-33-100-73-69(84-48(9)86)45(6)44(5)57(106-73)39-103-51(12)89)53(26-30-82-58(92)20-19-21-63(97)107-70-67(77)65(75)64(74)66(76)68(70)78)54(91)23-25-60(94)80-28-14-17-32-99-72-47(8)41(2)43(4)56(105-72)38-102-50(11)88/h40-47,53,55-57,69,71-73H,13-39H2,1-12H3,(H,79,93)(H,80,94)(H,81,95)(H,82,92)(H,83,96)(H,84,86)/t40-,41-,42+,43+,44+,45-,46?,47?,53?,55?,56?,57?,69?,71+,72+,73+/m0/s1. The van der Waals surface area contributed by atoms with E-state index >= 15 is 0 Å². The van der Waals surface area contributed by atoms with Crippen LogP contribution in [0.1, 0.15) is 173 Å². The predicted molar refractivity (Wildman–Crippen MR) is 372 cm³/mol. The van der Waals surface area contributed by atoms with Crippen LogP contribution in [0.15, 0.2) is 0 Å². The third-order valence-electron chi connectivity index (χ3n) is 19.9. The zero-order valence-corrected chi connectivity index (χ0v) is 63.6. The average molecular weight is 1530 g/mol. The number of nitrogens with one attached hydrogen (secondary N) is 6. The molecule has 3 heterocycles. The zero-order valence-electron chi connectivity index (χ0n) is 63.6. The van der Waals surface area contributed by atoms with Crippen molar-refractivity contribution < 1.29 is 127 Å². The number of Topliss-reactive ketones (excluding diaryl/α,β-unsaturated/α-hetero) is 2. The number of benzene rings is 1. The number of ether oxygens (including phenoxy) is 10. The number of hydrogen-bond acceptors (Lipinski definition) is 23. The van der Waals surface area contributed by atoms with Crippen LogP contribution < -0.4 is 36.6 Å². The minimum Gasteiger partial charge on any atom is -0.463 e. The Bertz CT molecular complexity index is 3090. The predicted octanol–water partition coefficient (Wildman–Crippen LogP) is 5.65. The van der Waals surface area contributed by atoms with Gasteiger partial charge < -0.3 is 79.3 Å². The molecule has 0 aromatic heterocycles. The number of carbonyl (C=O) groups is 12. The molecule has 0 aliphatic carbocycles. The number of halogens is 5. The summed E-state index contributed by atoms with van der Waals surface area (Å²) in [4.78, 5) is 156. The summed E-state index contributed by atoms with van der Waals surface area (Å²) in [7, 11) is 0. The first-order valence-electron chi connectivity index (χ1n) is 36.9. The third-order valence-corrected chi connectivity index (χ3v) is 19.9. The number of unbranched alkanes of at least 4 members (excludes halogenated alkanes) is 3. The molecule has 606 valence electrons. The summed E-state index contributed by atoms with van der Waals surface area (Å²) in [5.41, 5.74) is 0. The van der Waals surface area contributed by atoms with E-state index in [2.05, 4.69) is 50.5 Å². The van der Waals surface area contributed by atoms with Gasteiger partial charge in [-0.1, -0.05) is 55.4 Å². The lowest BCUT2D eigenvalue weighted by Gasteiger charge is -2.44. The second-order valence-electron chi connectivity index (χ2n) is 28.0. The molecule has 3 aliphatic rings. The summed E-state index contributed by atoms with van der Waals surface area (Å²) >= 11 is 0. The van der Waals surface area contributed by atoms with Crippen molar-refractivity contribution in [2.45, 2.75) is 222 Å². The summed E-state index contributed by atoms with van der Waals surface area (Å²) in [6, 6.07) is -1.93. The van der Waals surface area contributed by atoms with E-state index in [0.717, 1.165) is 0 Å². The van der Waals surface area contributed by atoms with E-state index in [1.807, 2.05) is 41.5 Å².